The van der Waals surface area contributed by atoms with Crippen LogP contribution in [0, 0.1) is 28.6 Å². The van der Waals surface area contributed by atoms with E-state index < -0.39 is 0 Å². The highest BCUT2D eigenvalue weighted by Crippen LogP contribution is 2.68. The van der Waals surface area contributed by atoms with E-state index in [1.807, 2.05) is 0 Å². The monoisotopic (exact) mass is 374 g/mol. The maximum absolute atomic E-state index is 11.4. The molecule has 0 radical (unpaired) electrons. The molecule has 4 nitrogen and oxygen atoms in total. The lowest BCUT2D eigenvalue weighted by molar-refractivity contribution is -0.242. The van der Waals surface area contributed by atoms with E-state index in [0.29, 0.717) is 5.92 Å². The Balaban J connectivity index is 1.41. The van der Waals surface area contributed by atoms with Gasteiger partial charge in [0.1, 0.15) is 6.10 Å². The summed E-state index contributed by atoms with van der Waals surface area (Å²) in [5, 5.41) is 0. The first-order chi connectivity index (χ1) is 12.9. The lowest BCUT2D eigenvalue weighted by Crippen LogP contribution is -2.55. The van der Waals surface area contributed by atoms with Crippen LogP contribution in [-0.2, 0) is 19.0 Å². The van der Waals surface area contributed by atoms with Gasteiger partial charge < -0.3 is 14.2 Å². The molecule has 6 atom stereocenters. The zero-order valence-electron chi connectivity index (χ0n) is 17.1. The number of hydrogen-bond donors (Lipinski definition) is 0. The summed E-state index contributed by atoms with van der Waals surface area (Å²) in [5.41, 5.74) is 2.01. The van der Waals surface area contributed by atoms with E-state index in [9.17, 15) is 4.79 Å². The Morgan fingerprint density at radius 1 is 1.07 bits per heavy atom. The molecular formula is C23H34O4. The molecule has 150 valence electrons. The second kappa shape index (κ2) is 6.06. The largest absolute Gasteiger partial charge is 0.462 e. The molecule has 4 heteroatoms. The molecule has 0 aromatic carbocycles. The van der Waals surface area contributed by atoms with Crippen LogP contribution in [0.3, 0.4) is 0 Å². The van der Waals surface area contributed by atoms with Crippen molar-refractivity contribution < 1.29 is 19.0 Å². The van der Waals surface area contributed by atoms with E-state index >= 15 is 0 Å². The predicted molar refractivity (Wildman–Crippen MR) is 102 cm³/mol. The molecule has 1 saturated heterocycles. The number of rotatable bonds is 1. The van der Waals surface area contributed by atoms with Crippen molar-refractivity contribution in [1.29, 1.82) is 0 Å². The van der Waals surface area contributed by atoms with Gasteiger partial charge in [0.2, 0.25) is 0 Å². The SMILES string of the molecule is CC(=O)O[C@H]1CC[C@@]2(C)C(=CC[C@@H]3[C@@H]2CC[C@@]2(C)[C@H]3CCC23OCCO3)C1. The minimum absolute atomic E-state index is 0.0854. The summed E-state index contributed by atoms with van der Waals surface area (Å²) in [6, 6.07) is 0. The normalized spacial score (nSPS) is 47.7. The van der Waals surface area contributed by atoms with Crippen LogP contribution in [0.4, 0.5) is 0 Å². The van der Waals surface area contributed by atoms with Gasteiger partial charge in [0.15, 0.2) is 5.79 Å². The molecule has 27 heavy (non-hydrogen) atoms. The molecule has 3 saturated carbocycles. The fourth-order valence-corrected chi connectivity index (χ4v) is 7.85. The van der Waals surface area contributed by atoms with E-state index in [-0.39, 0.29) is 28.7 Å². The van der Waals surface area contributed by atoms with Crippen molar-refractivity contribution in [3.8, 4) is 0 Å². The quantitative estimate of drug-likeness (QED) is 0.496. The molecule has 0 N–H and O–H groups in total. The third-order valence-corrected chi connectivity index (χ3v) is 9.19. The Kier molecular flexibility index (Phi) is 4.08. The molecule has 1 spiro atoms. The maximum Gasteiger partial charge on any atom is 0.302 e. The number of allylic oxidation sites excluding steroid dienone is 1. The van der Waals surface area contributed by atoms with Crippen molar-refractivity contribution in [1.82, 2.24) is 0 Å². The van der Waals surface area contributed by atoms with Crippen LogP contribution in [0.25, 0.3) is 0 Å². The van der Waals surface area contributed by atoms with Crippen LogP contribution >= 0.6 is 0 Å². The van der Waals surface area contributed by atoms with Gasteiger partial charge in [-0.3, -0.25) is 4.79 Å². The molecule has 0 amide bonds. The van der Waals surface area contributed by atoms with Gasteiger partial charge in [0, 0.05) is 25.2 Å². The average Bonchev–Trinajstić information content (AvgIpc) is 3.21. The van der Waals surface area contributed by atoms with Gasteiger partial charge in [0.25, 0.3) is 0 Å². The topological polar surface area (TPSA) is 44.8 Å². The standard InChI is InChI=1S/C23H34O4/c1-15(24)27-17-6-9-21(2)16(14-17)4-5-18-19(21)7-10-22(3)20(18)8-11-23(22)25-12-13-26-23/h4,17-20H,5-14H2,1-3H3/t17-,18+,19-,20-,21-,22-/m0/s1. The maximum atomic E-state index is 11.4. The van der Waals surface area contributed by atoms with Crippen molar-refractivity contribution in [3.05, 3.63) is 11.6 Å². The smallest absolute Gasteiger partial charge is 0.302 e. The minimum Gasteiger partial charge on any atom is -0.462 e. The molecule has 4 fully saturated rings. The lowest BCUT2D eigenvalue weighted by Gasteiger charge is -2.58. The minimum atomic E-state index is -0.305. The van der Waals surface area contributed by atoms with E-state index in [1.54, 1.807) is 5.57 Å². The highest BCUT2D eigenvalue weighted by molar-refractivity contribution is 5.66. The Hall–Kier alpha value is -0.870. The molecule has 5 aliphatic rings. The van der Waals surface area contributed by atoms with E-state index in [4.69, 9.17) is 14.2 Å². The Labute approximate surface area is 163 Å². The van der Waals surface area contributed by atoms with Crippen LogP contribution in [0.15, 0.2) is 11.6 Å². The van der Waals surface area contributed by atoms with Crippen LogP contribution in [0.2, 0.25) is 0 Å². The third-order valence-electron chi connectivity index (χ3n) is 9.19. The Morgan fingerprint density at radius 3 is 2.56 bits per heavy atom. The highest BCUT2D eigenvalue weighted by Gasteiger charge is 2.66. The highest BCUT2D eigenvalue weighted by atomic mass is 16.7. The van der Waals surface area contributed by atoms with Gasteiger partial charge in [-0.15, -0.1) is 0 Å². The first-order valence-corrected chi connectivity index (χ1v) is 11.0. The van der Waals surface area contributed by atoms with Crippen LogP contribution in [-0.4, -0.2) is 31.1 Å². The molecule has 0 aromatic heterocycles. The molecule has 1 aliphatic heterocycles. The average molecular weight is 375 g/mol. The molecule has 0 aromatic rings. The van der Waals surface area contributed by atoms with E-state index in [2.05, 4.69) is 19.9 Å². The predicted octanol–water partition coefficient (Wildman–Crippen LogP) is 4.62. The first kappa shape index (κ1) is 18.2. The zero-order chi connectivity index (χ0) is 18.9. The van der Waals surface area contributed by atoms with Crippen LogP contribution in [0.1, 0.15) is 72.1 Å². The van der Waals surface area contributed by atoms with Crippen molar-refractivity contribution in [2.75, 3.05) is 13.2 Å². The molecule has 4 aliphatic carbocycles. The van der Waals surface area contributed by atoms with Crippen molar-refractivity contribution in [2.45, 2.75) is 84.0 Å². The summed E-state index contributed by atoms with van der Waals surface area (Å²) in [7, 11) is 0. The van der Waals surface area contributed by atoms with Crippen molar-refractivity contribution >= 4 is 5.97 Å². The number of carbonyl (C=O) groups excluding carboxylic acids is 1. The van der Waals surface area contributed by atoms with Crippen molar-refractivity contribution in [2.24, 2.45) is 28.6 Å². The molecule has 0 unspecified atom stereocenters. The number of ether oxygens (including phenoxy) is 3. The van der Waals surface area contributed by atoms with Crippen LogP contribution in [0.5, 0.6) is 0 Å². The number of esters is 1. The van der Waals surface area contributed by atoms with E-state index in [1.165, 1.54) is 32.6 Å². The van der Waals surface area contributed by atoms with Gasteiger partial charge in [-0.05, 0) is 61.7 Å². The molecular weight excluding hydrogens is 340 g/mol. The fourth-order valence-electron chi connectivity index (χ4n) is 7.85. The zero-order valence-corrected chi connectivity index (χ0v) is 17.1. The second-order valence-electron chi connectivity index (χ2n) is 10.2. The number of carbonyl (C=O) groups is 1. The van der Waals surface area contributed by atoms with Gasteiger partial charge >= 0.3 is 5.97 Å². The second-order valence-corrected chi connectivity index (χ2v) is 10.2. The summed E-state index contributed by atoms with van der Waals surface area (Å²) in [6.45, 7) is 8.00. The summed E-state index contributed by atoms with van der Waals surface area (Å²) >= 11 is 0. The summed E-state index contributed by atoms with van der Waals surface area (Å²) in [5.74, 6) is 1.76. The van der Waals surface area contributed by atoms with Crippen molar-refractivity contribution in [3.63, 3.8) is 0 Å². The lowest BCUT2D eigenvalue weighted by atomic mass is 9.47. The fraction of sp³-hybridized carbons (Fsp3) is 0.870. The van der Waals surface area contributed by atoms with Gasteiger partial charge in [-0.2, -0.15) is 0 Å². The van der Waals surface area contributed by atoms with Gasteiger partial charge in [-0.1, -0.05) is 25.5 Å². The number of fused-ring (bicyclic) bond motifs is 6. The summed E-state index contributed by atoms with van der Waals surface area (Å²) in [4.78, 5) is 11.4. The Bertz CT molecular complexity index is 663. The Morgan fingerprint density at radius 2 is 1.81 bits per heavy atom. The first-order valence-electron chi connectivity index (χ1n) is 11.0. The summed E-state index contributed by atoms with van der Waals surface area (Å²) < 4.78 is 18.1. The van der Waals surface area contributed by atoms with Crippen LogP contribution < -0.4 is 0 Å². The summed E-state index contributed by atoms with van der Waals surface area (Å²) in [6.07, 6.45) is 11.7. The van der Waals surface area contributed by atoms with Gasteiger partial charge in [0.05, 0.1) is 13.2 Å². The molecule has 0 bridgehead atoms. The number of hydrogen-bond acceptors (Lipinski definition) is 4. The molecule has 1 heterocycles. The third kappa shape index (κ3) is 2.45. The van der Waals surface area contributed by atoms with Gasteiger partial charge in [-0.25, -0.2) is 0 Å². The van der Waals surface area contributed by atoms with E-state index in [0.717, 1.165) is 50.7 Å². The molecule has 5 rings (SSSR count).